The Kier molecular flexibility index (Phi) is 5.81. The molecule has 0 bridgehead atoms. The molecule has 1 aliphatic rings. The van der Waals surface area contributed by atoms with Crippen LogP contribution >= 0.6 is 0 Å². The molecule has 1 fully saturated rings. The highest BCUT2D eigenvalue weighted by Crippen LogP contribution is 2.33. The molecule has 0 aromatic carbocycles. The summed E-state index contributed by atoms with van der Waals surface area (Å²) in [6.45, 7) is 11.2. The predicted octanol–water partition coefficient (Wildman–Crippen LogP) is 1.60. The Morgan fingerprint density at radius 2 is 1.84 bits per heavy atom. The molecule has 0 spiro atoms. The van der Waals surface area contributed by atoms with Gasteiger partial charge < -0.3 is 11.1 Å². The minimum absolute atomic E-state index is 0.202. The van der Waals surface area contributed by atoms with E-state index in [9.17, 15) is 4.79 Å². The summed E-state index contributed by atoms with van der Waals surface area (Å²) in [6, 6.07) is 0.477. The maximum Gasteiger partial charge on any atom is 0.237 e. The maximum atomic E-state index is 11.7. The normalized spacial score (nSPS) is 27.7. The van der Waals surface area contributed by atoms with E-state index in [2.05, 4.69) is 37.9 Å². The smallest absolute Gasteiger partial charge is 0.237 e. The lowest BCUT2D eigenvalue weighted by molar-refractivity contribution is -0.124. The summed E-state index contributed by atoms with van der Waals surface area (Å²) in [5, 5.41) is 3.17. The topological polar surface area (TPSA) is 58.4 Å². The first-order valence-corrected chi connectivity index (χ1v) is 7.53. The van der Waals surface area contributed by atoms with Gasteiger partial charge in [-0.25, -0.2) is 0 Å². The van der Waals surface area contributed by atoms with Gasteiger partial charge in [-0.05, 0) is 38.1 Å². The van der Waals surface area contributed by atoms with E-state index < -0.39 is 5.54 Å². The highest BCUT2D eigenvalue weighted by molar-refractivity contribution is 5.85. The van der Waals surface area contributed by atoms with Gasteiger partial charge in [0.1, 0.15) is 0 Å². The Balaban J connectivity index is 2.74. The molecule has 3 N–H and O–H groups in total. The van der Waals surface area contributed by atoms with Crippen LogP contribution < -0.4 is 11.1 Å². The number of rotatable bonds is 7. The van der Waals surface area contributed by atoms with Gasteiger partial charge in [-0.2, -0.15) is 0 Å². The molecular weight excluding hydrogens is 238 g/mol. The maximum absolute atomic E-state index is 11.7. The number of nitrogens with one attached hydrogen (secondary N) is 1. The van der Waals surface area contributed by atoms with Crippen LogP contribution in [-0.4, -0.2) is 42.5 Å². The summed E-state index contributed by atoms with van der Waals surface area (Å²) < 4.78 is 0. The number of primary amides is 1. The molecule has 1 rings (SSSR count). The van der Waals surface area contributed by atoms with Crippen LogP contribution in [0.2, 0.25) is 0 Å². The average Bonchev–Trinajstić information content (AvgIpc) is 2.72. The van der Waals surface area contributed by atoms with E-state index in [0.29, 0.717) is 17.9 Å². The molecule has 19 heavy (non-hydrogen) atoms. The minimum atomic E-state index is -0.489. The van der Waals surface area contributed by atoms with Crippen molar-refractivity contribution in [1.29, 1.82) is 0 Å². The Morgan fingerprint density at radius 1 is 1.32 bits per heavy atom. The minimum Gasteiger partial charge on any atom is -0.368 e. The fourth-order valence-electron chi connectivity index (χ4n) is 3.22. The van der Waals surface area contributed by atoms with E-state index in [0.717, 1.165) is 32.4 Å². The largest absolute Gasteiger partial charge is 0.368 e. The molecule has 0 saturated heterocycles. The summed E-state index contributed by atoms with van der Waals surface area (Å²) in [4.78, 5) is 14.3. The fourth-order valence-corrected chi connectivity index (χ4v) is 3.22. The van der Waals surface area contributed by atoms with E-state index in [4.69, 9.17) is 5.73 Å². The summed E-state index contributed by atoms with van der Waals surface area (Å²) in [6.07, 6.45) is 2.76. The second-order valence-corrected chi connectivity index (χ2v) is 6.83. The first-order chi connectivity index (χ1) is 8.80. The summed E-state index contributed by atoms with van der Waals surface area (Å²) in [7, 11) is 1.85. The van der Waals surface area contributed by atoms with Gasteiger partial charge in [-0.15, -0.1) is 0 Å². The standard InChI is InChI=1S/C15H31N3O/c1-11(2)9-18(10-12(3)4)13-6-7-15(8-13,17-5)14(16)19/h11-13,17H,6-10H2,1-5H3,(H2,16,19). The Hall–Kier alpha value is -0.610. The van der Waals surface area contributed by atoms with Crippen LogP contribution in [-0.2, 0) is 4.79 Å². The zero-order chi connectivity index (χ0) is 14.6. The van der Waals surface area contributed by atoms with Gasteiger partial charge in [0.25, 0.3) is 0 Å². The van der Waals surface area contributed by atoms with Gasteiger partial charge >= 0.3 is 0 Å². The van der Waals surface area contributed by atoms with Crippen molar-refractivity contribution in [2.75, 3.05) is 20.1 Å². The molecule has 4 nitrogen and oxygen atoms in total. The lowest BCUT2D eigenvalue weighted by Crippen LogP contribution is -2.53. The number of carbonyl (C=O) groups excluding carboxylic acids is 1. The Morgan fingerprint density at radius 3 is 2.16 bits per heavy atom. The second-order valence-electron chi connectivity index (χ2n) is 6.83. The van der Waals surface area contributed by atoms with Crippen molar-refractivity contribution in [2.45, 2.75) is 58.5 Å². The molecule has 1 amide bonds. The SMILES string of the molecule is CNC1(C(N)=O)CCC(N(CC(C)C)CC(C)C)C1. The molecule has 4 heteroatoms. The lowest BCUT2D eigenvalue weighted by Gasteiger charge is -2.33. The van der Waals surface area contributed by atoms with Crippen LogP contribution in [0.15, 0.2) is 0 Å². The van der Waals surface area contributed by atoms with E-state index in [1.807, 2.05) is 7.05 Å². The molecule has 0 radical (unpaired) electrons. The number of amides is 1. The third-order valence-corrected chi connectivity index (χ3v) is 4.15. The molecule has 1 aliphatic carbocycles. The Bertz CT molecular complexity index is 294. The average molecular weight is 269 g/mol. The molecular formula is C15H31N3O. The van der Waals surface area contributed by atoms with E-state index in [-0.39, 0.29) is 5.91 Å². The van der Waals surface area contributed by atoms with Crippen molar-refractivity contribution in [1.82, 2.24) is 10.2 Å². The molecule has 0 aromatic rings. The van der Waals surface area contributed by atoms with Gasteiger partial charge in [0.05, 0.1) is 5.54 Å². The lowest BCUT2D eigenvalue weighted by atomic mass is 9.96. The molecule has 2 atom stereocenters. The number of nitrogens with zero attached hydrogens (tertiary/aromatic N) is 1. The number of hydrogen-bond donors (Lipinski definition) is 2. The van der Waals surface area contributed by atoms with Crippen LogP contribution in [0.3, 0.4) is 0 Å². The van der Waals surface area contributed by atoms with Gasteiger partial charge in [0.15, 0.2) is 0 Å². The van der Waals surface area contributed by atoms with Crippen LogP contribution in [0.25, 0.3) is 0 Å². The van der Waals surface area contributed by atoms with Crippen molar-refractivity contribution in [2.24, 2.45) is 17.6 Å². The van der Waals surface area contributed by atoms with E-state index in [1.54, 1.807) is 0 Å². The number of likely N-dealkylation sites (N-methyl/N-ethyl adjacent to an activating group) is 1. The summed E-state index contributed by atoms with van der Waals surface area (Å²) in [5.41, 5.74) is 5.10. The van der Waals surface area contributed by atoms with Crippen molar-refractivity contribution in [3.05, 3.63) is 0 Å². The summed E-state index contributed by atoms with van der Waals surface area (Å²) in [5.74, 6) is 1.10. The van der Waals surface area contributed by atoms with E-state index in [1.165, 1.54) is 0 Å². The third kappa shape index (κ3) is 4.18. The fraction of sp³-hybridized carbons (Fsp3) is 0.933. The quantitative estimate of drug-likeness (QED) is 0.738. The first kappa shape index (κ1) is 16.4. The van der Waals surface area contributed by atoms with Crippen molar-refractivity contribution in [3.8, 4) is 0 Å². The zero-order valence-electron chi connectivity index (χ0n) is 13.2. The highest BCUT2D eigenvalue weighted by atomic mass is 16.1. The summed E-state index contributed by atoms with van der Waals surface area (Å²) >= 11 is 0. The van der Waals surface area contributed by atoms with Gasteiger partial charge in [-0.3, -0.25) is 9.69 Å². The first-order valence-electron chi connectivity index (χ1n) is 7.53. The van der Waals surface area contributed by atoms with Crippen LogP contribution in [0.1, 0.15) is 47.0 Å². The van der Waals surface area contributed by atoms with Crippen molar-refractivity contribution < 1.29 is 4.79 Å². The molecule has 0 aliphatic heterocycles. The molecule has 0 aromatic heterocycles. The molecule has 1 saturated carbocycles. The number of carbonyl (C=O) groups is 1. The monoisotopic (exact) mass is 269 g/mol. The predicted molar refractivity (Wildman–Crippen MR) is 79.9 cm³/mol. The third-order valence-electron chi connectivity index (χ3n) is 4.15. The van der Waals surface area contributed by atoms with Crippen molar-refractivity contribution >= 4 is 5.91 Å². The highest BCUT2D eigenvalue weighted by Gasteiger charge is 2.44. The van der Waals surface area contributed by atoms with Crippen LogP contribution in [0.5, 0.6) is 0 Å². The molecule has 112 valence electrons. The van der Waals surface area contributed by atoms with Gasteiger partial charge in [0.2, 0.25) is 5.91 Å². The van der Waals surface area contributed by atoms with Crippen molar-refractivity contribution in [3.63, 3.8) is 0 Å². The molecule has 0 heterocycles. The van der Waals surface area contributed by atoms with Crippen LogP contribution in [0.4, 0.5) is 0 Å². The van der Waals surface area contributed by atoms with Gasteiger partial charge in [0, 0.05) is 19.1 Å². The Labute approximate surface area is 118 Å². The van der Waals surface area contributed by atoms with E-state index >= 15 is 0 Å². The molecule has 2 unspecified atom stereocenters. The van der Waals surface area contributed by atoms with Gasteiger partial charge in [-0.1, -0.05) is 27.7 Å². The number of nitrogens with two attached hydrogens (primary N) is 1. The number of hydrogen-bond acceptors (Lipinski definition) is 3. The second kappa shape index (κ2) is 6.71. The van der Waals surface area contributed by atoms with Crippen LogP contribution in [0, 0.1) is 11.8 Å². The zero-order valence-corrected chi connectivity index (χ0v) is 13.2.